The molecule has 8 heteroatoms. The SMILES string of the molecule is COc1ccccc1NS(=O)(=O)c1ccc(NC(=O)c2cccnc2)cc1. The van der Waals surface area contributed by atoms with E-state index in [9.17, 15) is 13.2 Å². The molecular weight excluding hydrogens is 366 g/mol. The fourth-order valence-corrected chi connectivity index (χ4v) is 3.42. The van der Waals surface area contributed by atoms with Gasteiger partial charge in [-0.2, -0.15) is 0 Å². The predicted octanol–water partition coefficient (Wildman–Crippen LogP) is 3.14. The van der Waals surface area contributed by atoms with Crippen molar-refractivity contribution in [2.75, 3.05) is 17.1 Å². The first-order valence-electron chi connectivity index (χ1n) is 7.97. The Morgan fingerprint density at radius 1 is 1.00 bits per heavy atom. The van der Waals surface area contributed by atoms with Crippen molar-refractivity contribution in [3.05, 3.63) is 78.6 Å². The lowest BCUT2D eigenvalue weighted by Crippen LogP contribution is -2.14. The monoisotopic (exact) mass is 383 g/mol. The Kier molecular flexibility index (Phi) is 5.37. The lowest BCUT2D eigenvalue weighted by atomic mass is 10.2. The fourth-order valence-electron chi connectivity index (χ4n) is 2.35. The third-order valence-corrected chi connectivity index (χ3v) is 5.08. The van der Waals surface area contributed by atoms with Gasteiger partial charge in [0, 0.05) is 18.1 Å². The van der Waals surface area contributed by atoms with Gasteiger partial charge in [-0.05, 0) is 48.5 Å². The van der Waals surface area contributed by atoms with E-state index in [1.807, 2.05) is 0 Å². The van der Waals surface area contributed by atoms with Gasteiger partial charge in [-0.15, -0.1) is 0 Å². The quantitative estimate of drug-likeness (QED) is 0.681. The van der Waals surface area contributed by atoms with Gasteiger partial charge < -0.3 is 10.1 Å². The summed E-state index contributed by atoms with van der Waals surface area (Å²) in [6, 6.07) is 15.9. The van der Waals surface area contributed by atoms with Gasteiger partial charge in [0.25, 0.3) is 15.9 Å². The first kappa shape index (κ1) is 18.4. The highest BCUT2D eigenvalue weighted by Gasteiger charge is 2.16. The molecule has 2 N–H and O–H groups in total. The zero-order valence-corrected chi connectivity index (χ0v) is 15.2. The van der Waals surface area contributed by atoms with Crippen molar-refractivity contribution in [2.24, 2.45) is 0 Å². The molecule has 0 bridgehead atoms. The van der Waals surface area contributed by atoms with E-state index >= 15 is 0 Å². The van der Waals surface area contributed by atoms with Gasteiger partial charge in [-0.1, -0.05) is 12.1 Å². The molecular formula is C19H17N3O4S. The maximum absolute atomic E-state index is 12.6. The molecule has 0 saturated carbocycles. The molecule has 3 aromatic rings. The number of aromatic nitrogens is 1. The second-order valence-corrected chi connectivity index (χ2v) is 7.21. The lowest BCUT2D eigenvalue weighted by Gasteiger charge is -2.12. The highest BCUT2D eigenvalue weighted by molar-refractivity contribution is 7.92. The molecule has 3 rings (SSSR count). The normalized spacial score (nSPS) is 10.9. The number of carbonyl (C=O) groups is 1. The molecule has 1 amide bonds. The number of amides is 1. The molecule has 1 aromatic heterocycles. The van der Waals surface area contributed by atoms with Crippen molar-refractivity contribution < 1.29 is 17.9 Å². The van der Waals surface area contributed by atoms with Crippen LogP contribution in [0, 0.1) is 0 Å². The highest BCUT2D eigenvalue weighted by Crippen LogP contribution is 2.26. The fraction of sp³-hybridized carbons (Fsp3) is 0.0526. The first-order chi connectivity index (χ1) is 13.0. The summed E-state index contributed by atoms with van der Waals surface area (Å²) in [6.07, 6.45) is 3.02. The van der Waals surface area contributed by atoms with Crippen molar-refractivity contribution in [3.63, 3.8) is 0 Å². The molecule has 1 heterocycles. The topological polar surface area (TPSA) is 97.4 Å². The molecule has 0 aliphatic carbocycles. The number of benzene rings is 2. The molecule has 0 radical (unpaired) electrons. The Labute approximate surface area is 157 Å². The van der Waals surface area contributed by atoms with Crippen molar-refractivity contribution >= 4 is 27.3 Å². The van der Waals surface area contributed by atoms with Crippen LogP contribution >= 0.6 is 0 Å². The van der Waals surface area contributed by atoms with Crippen LogP contribution in [-0.2, 0) is 10.0 Å². The van der Waals surface area contributed by atoms with Crippen molar-refractivity contribution in [3.8, 4) is 5.75 Å². The average molecular weight is 383 g/mol. The van der Waals surface area contributed by atoms with Crippen molar-refractivity contribution in [1.82, 2.24) is 4.98 Å². The Bertz CT molecular complexity index is 1040. The van der Waals surface area contributed by atoms with Crippen LogP contribution in [0.3, 0.4) is 0 Å². The van der Waals surface area contributed by atoms with Gasteiger partial charge in [-0.3, -0.25) is 14.5 Å². The van der Waals surface area contributed by atoms with Crippen LogP contribution in [-0.4, -0.2) is 26.4 Å². The molecule has 2 aromatic carbocycles. The number of methoxy groups -OCH3 is 1. The van der Waals surface area contributed by atoms with Crippen LogP contribution in [0.5, 0.6) is 5.75 Å². The zero-order valence-electron chi connectivity index (χ0n) is 14.4. The number of carbonyl (C=O) groups excluding carboxylic acids is 1. The summed E-state index contributed by atoms with van der Waals surface area (Å²) in [5.41, 5.74) is 1.22. The molecule has 0 unspecified atom stereocenters. The van der Waals surface area contributed by atoms with E-state index in [0.29, 0.717) is 22.7 Å². The third kappa shape index (κ3) is 4.42. The average Bonchev–Trinajstić information content (AvgIpc) is 2.69. The zero-order chi connectivity index (χ0) is 19.3. The molecule has 0 atom stereocenters. The van der Waals surface area contributed by atoms with E-state index < -0.39 is 10.0 Å². The molecule has 0 aliphatic heterocycles. The Morgan fingerprint density at radius 3 is 2.41 bits per heavy atom. The number of pyridine rings is 1. The molecule has 0 aliphatic rings. The van der Waals surface area contributed by atoms with Crippen LogP contribution in [0.1, 0.15) is 10.4 Å². The van der Waals surface area contributed by atoms with E-state index in [0.717, 1.165) is 0 Å². The summed E-state index contributed by atoms with van der Waals surface area (Å²) < 4.78 is 32.8. The van der Waals surface area contributed by atoms with Crippen LogP contribution in [0.25, 0.3) is 0 Å². The number of rotatable bonds is 6. The maximum atomic E-state index is 12.6. The minimum atomic E-state index is -3.80. The Hall–Kier alpha value is -3.39. The molecule has 138 valence electrons. The Balaban J connectivity index is 1.75. The maximum Gasteiger partial charge on any atom is 0.262 e. The minimum absolute atomic E-state index is 0.0628. The van der Waals surface area contributed by atoms with E-state index in [-0.39, 0.29) is 10.8 Å². The van der Waals surface area contributed by atoms with E-state index in [1.165, 1.54) is 37.6 Å². The summed E-state index contributed by atoms with van der Waals surface area (Å²) in [5.74, 6) is 0.0901. The molecule has 0 spiro atoms. The number of ether oxygens (including phenoxy) is 1. The summed E-state index contributed by atoms with van der Waals surface area (Å²) >= 11 is 0. The summed E-state index contributed by atoms with van der Waals surface area (Å²) in [4.78, 5) is 16.1. The molecule has 0 fully saturated rings. The van der Waals surface area contributed by atoms with Crippen LogP contribution < -0.4 is 14.8 Å². The van der Waals surface area contributed by atoms with Crippen LogP contribution in [0.15, 0.2) is 78.0 Å². The van der Waals surface area contributed by atoms with Crippen LogP contribution in [0.4, 0.5) is 11.4 Å². The second-order valence-electron chi connectivity index (χ2n) is 5.53. The summed E-state index contributed by atoms with van der Waals surface area (Å²) in [6.45, 7) is 0. The largest absolute Gasteiger partial charge is 0.495 e. The number of anilines is 2. The molecule has 27 heavy (non-hydrogen) atoms. The standard InChI is InChI=1S/C19H17N3O4S/c1-26-18-7-3-2-6-17(18)22-27(24,25)16-10-8-15(9-11-16)21-19(23)14-5-4-12-20-13-14/h2-13,22H,1H3,(H,21,23). The van der Waals surface area contributed by atoms with E-state index in [4.69, 9.17) is 4.74 Å². The first-order valence-corrected chi connectivity index (χ1v) is 9.45. The number of hydrogen-bond acceptors (Lipinski definition) is 5. The summed E-state index contributed by atoms with van der Waals surface area (Å²) in [5, 5.41) is 2.69. The number of nitrogens with one attached hydrogen (secondary N) is 2. The lowest BCUT2D eigenvalue weighted by molar-refractivity contribution is 0.102. The summed E-state index contributed by atoms with van der Waals surface area (Å²) in [7, 11) is -2.33. The number of para-hydroxylation sites is 2. The van der Waals surface area contributed by atoms with Gasteiger partial charge in [0.1, 0.15) is 5.75 Å². The minimum Gasteiger partial charge on any atom is -0.495 e. The number of hydrogen-bond donors (Lipinski definition) is 2. The smallest absolute Gasteiger partial charge is 0.262 e. The van der Waals surface area contributed by atoms with Crippen molar-refractivity contribution in [1.29, 1.82) is 0 Å². The van der Waals surface area contributed by atoms with Gasteiger partial charge in [0.05, 0.1) is 23.3 Å². The second kappa shape index (κ2) is 7.88. The molecule has 7 nitrogen and oxygen atoms in total. The van der Waals surface area contributed by atoms with Crippen molar-refractivity contribution in [2.45, 2.75) is 4.90 Å². The molecule has 0 saturated heterocycles. The number of sulfonamides is 1. The number of nitrogens with zero attached hydrogens (tertiary/aromatic N) is 1. The third-order valence-electron chi connectivity index (χ3n) is 3.70. The highest BCUT2D eigenvalue weighted by atomic mass is 32.2. The predicted molar refractivity (Wildman–Crippen MR) is 102 cm³/mol. The van der Waals surface area contributed by atoms with Gasteiger partial charge in [0.15, 0.2) is 0 Å². The van der Waals surface area contributed by atoms with E-state index in [2.05, 4.69) is 15.0 Å². The van der Waals surface area contributed by atoms with Crippen LogP contribution in [0.2, 0.25) is 0 Å². The Morgan fingerprint density at radius 2 is 1.74 bits per heavy atom. The van der Waals surface area contributed by atoms with Gasteiger partial charge >= 0.3 is 0 Å². The van der Waals surface area contributed by atoms with Gasteiger partial charge in [0.2, 0.25) is 0 Å². The van der Waals surface area contributed by atoms with Gasteiger partial charge in [-0.25, -0.2) is 8.42 Å². The van der Waals surface area contributed by atoms with E-state index in [1.54, 1.807) is 42.6 Å².